The SMILES string of the molecule is CC(C)CCC(C)NCCSc1nnc(N(C)C)s1. The molecule has 0 aromatic carbocycles. The van der Waals surface area contributed by atoms with Crippen LogP contribution in [0.3, 0.4) is 0 Å². The van der Waals surface area contributed by atoms with Gasteiger partial charge in [0.05, 0.1) is 0 Å². The summed E-state index contributed by atoms with van der Waals surface area (Å²) in [6.45, 7) is 7.85. The number of rotatable bonds is 9. The number of aromatic nitrogens is 2. The van der Waals surface area contributed by atoms with Crippen LogP contribution in [0.4, 0.5) is 5.13 Å². The highest BCUT2D eigenvalue weighted by Crippen LogP contribution is 2.26. The van der Waals surface area contributed by atoms with Gasteiger partial charge in [-0.3, -0.25) is 0 Å². The minimum absolute atomic E-state index is 0.606. The number of hydrogen-bond donors (Lipinski definition) is 1. The molecule has 1 unspecified atom stereocenters. The van der Waals surface area contributed by atoms with Gasteiger partial charge in [0.25, 0.3) is 0 Å². The second-order valence-electron chi connectivity index (χ2n) is 5.42. The second kappa shape index (κ2) is 8.76. The third kappa shape index (κ3) is 7.13. The van der Waals surface area contributed by atoms with Gasteiger partial charge in [0.2, 0.25) is 5.13 Å². The molecule has 19 heavy (non-hydrogen) atoms. The van der Waals surface area contributed by atoms with Crippen molar-refractivity contribution >= 4 is 28.2 Å². The molecule has 110 valence electrons. The highest BCUT2D eigenvalue weighted by molar-refractivity contribution is 8.01. The van der Waals surface area contributed by atoms with Crippen LogP contribution in [0.2, 0.25) is 0 Å². The molecule has 1 heterocycles. The summed E-state index contributed by atoms with van der Waals surface area (Å²) in [5.41, 5.74) is 0. The smallest absolute Gasteiger partial charge is 0.208 e. The lowest BCUT2D eigenvalue weighted by Crippen LogP contribution is -2.28. The van der Waals surface area contributed by atoms with E-state index in [1.807, 2.05) is 19.0 Å². The van der Waals surface area contributed by atoms with Gasteiger partial charge < -0.3 is 10.2 Å². The van der Waals surface area contributed by atoms with E-state index in [2.05, 4.69) is 36.3 Å². The molecule has 1 N–H and O–H groups in total. The quantitative estimate of drug-likeness (QED) is 0.561. The standard InChI is InChI=1S/C13H26N4S2/c1-10(2)6-7-11(3)14-8-9-18-13-16-15-12(19-13)17(4)5/h10-11,14H,6-9H2,1-5H3. The van der Waals surface area contributed by atoms with E-state index in [1.165, 1.54) is 12.8 Å². The molecule has 4 nitrogen and oxygen atoms in total. The number of hydrogen-bond acceptors (Lipinski definition) is 6. The number of nitrogens with one attached hydrogen (secondary N) is 1. The van der Waals surface area contributed by atoms with E-state index in [1.54, 1.807) is 23.1 Å². The summed E-state index contributed by atoms with van der Waals surface area (Å²) in [5, 5.41) is 12.8. The van der Waals surface area contributed by atoms with Crippen molar-refractivity contribution in [3.05, 3.63) is 0 Å². The van der Waals surface area contributed by atoms with Crippen molar-refractivity contribution in [3.63, 3.8) is 0 Å². The largest absolute Gasteiger partial charge is 0.353 e. The first-order valence-electron chi connectivity index (χ1n) is 6.86. The molecule has 1 atom stereocenters. The molecular formula is C13H26N4S2. The first-order chi connectivity index (χ1) is 8.99. The fourth-order valence-electron chi connectivity index (χ4n) is 1.57. The molecule has 0 aliphatic rings. The lowest BCUT2D eigenvalue weighted by atomic mass is 10.0. The minimum atomic E-state index is 0.606. The molecule has 1 aromatic rings. The van der Waals surface area contributed by atoms with E-state index in [0.717, 1.165) is 27.7 Å². The zero-order valence-corrected chi connectivity index (χ0v) is 14.3. The fourth-order valence-corrected chi connectivity index (χ4v) is 3.28. The maximum atomic E-state index is 4.18. The first kappa shape index (κ1) is 16.7. The average Bonchev–Trinajstić information content (AvgIpc) is 2.81. The monoisotopic (exact) mass is 302 g/mol. The lowest BCUT2D eigenvalue weighted by Gasteiger charge is -2.14. The van der Waals surface area contributed by atoms with Gasteiger partial charge in [0, 0.05) is 32.4 Å². The summed E-state index contributed by atoms with van der Waals surface area (Å²) < 4.78 is 1.06. The van der Waals surface area contributed by atoms with Crippen molar-refractivity contribution in [1.82, 2.24) is 15.5 Å². The van der Waals surface area contributed by atoms with Gasteiger partial charge in [-0.25, -0.2) is 0 Å². The zero-order chi connectivity index (χ0) is 14.3. The Morgan fingerprint density at radius 1 is 1.21 bits per heavy atom. The maximum Gasteiger partial charge on any atom is 0.208 e. The van der Waals surface area contributed by atoms with Gasteiger partial charge in [-0.2, -0.15) is 0 Å². The number of anilines is 1. The third-order valence-electron chi connectivity index (χ3n) is 2.78. The molecule has 0 aliphatic heterocycles. The summed E-state index contributed by atoms with van der Waals surface area (Å²) >= 11 is 3.43. The van der Waals surface area contributed by atoms with Crippen LogP contribution in [-0.2, 0) is 0 Å². The van der Waals surface area contributed by atoms with E-state index >= 15 is 0 Å². The Bertz CT molecular complexity index is 352. The lowest BCUT2D eigenvalue weighted by molar-refractivity contribution is 0.460. The Kier molecular flexibility index (Phi) is 7.71. The van der Waals surface area contributed by atoms with Crippen molar-refractivity contribution in [2.24, 2.45) is 5.92 Å². The van der Waals surface area contributed by atoms with Crippen LogP contribution in [0, 0.1) is 5.92 Å². The highest BCUT2D eigenvalue weighted by Gasteiger charge is 2.07. The number of thioether (sulfide) groups is 1. The predicted octanol–water partition coefficient (Wildman–Crippen LogP) is 3.11. The van der Waals surface area contributed by atoms with Crippen LogP contribution in [0.1, 0.15) is 33.6 Å². The molecule has 0 aliphatic carbocycles. The van der Waals surface area contributed by atoms with Gasteiger partial charge in [-0.15, -0.1) is 10.2 Å². The van der Waals surface area contributed by atoms with Crippen LogP contribution >= 0.6 is 23.1 Å². The summed E-state index contributed by atoms with van der Waals surface area (Å²) in [7, 11) is 3.99. The summed E-state index contributed by atoms with van der Waals surface area (Å²) in [4.78, 5) is 1.99. The van der Waals surface area contributed by atoms with Gasteiger partial charge in [0.1, 0.15) is 0 Å². The first-order valence-corrected chi connectivity index (χ1v) is 8.66. The van der Waals surface area contributed by atoms with Gasteiger partial charge in [-0.05, 0) is 25.7 Å². The van der Waals surface area contributed by atoms with Crippen LogP contribution in [0.5, 0.6) is 0 Å². The molecule has 1 aromatic heterocycles. The van der Waals surface area contributed by atoms with Gasteiger partial charge >= 0.3 is 0 Å². The van der Waals surface area contributed by atoms with Crippen molar-refractivity contribution in [3.8, 4) is 0 Å². The average molecular weight is 303 g/mol. The molecular weight excluding hydrogens is 276 g/mol. The molecule has 0 radical (unpaired) electrons. The van der Waals surface area contributed by atoms with Crippen molar-refractivity contribution in [2.45, 2.75) is 44.0 Å². The topological polar surface area (TPSA) is 41.1 Å². The van der Waals surface area contributed by atoms with E-state index in [0.29, 0.717) is 6.04 Å². The number of nitrogens with zero attached hydrogens (tertiary/aromatic N) is 3. The Hall–Kier alpha value is -0.330. The normalized spacial score (nSPS) is 12.9. The van der Waals surface area contributed by atoms with E-state index in [-0.39, 0.29) is 0 Å². The molecule has 0 spiro atoms. The Labute approximate surface area is 125 Å². The highest BCUT2D eigenvalue weighted by atomic mass is 32.2. The zero-order valence-electron chi connectivity index (χ0n) is 12.6. The Morgan fingerprint density at radius 2 is 1.95 bits per heavy atom. The summed E-state index contributed by atoms with van der Waals surface area (Å²) in [6.07, 6.45) is 2.55. The fraction of sp³-hybridized carbons (Fsp3) is 0.846. The van der Waals surface area contributed by atoms with E-state index in [4.69, 9.17) is 0 Å². The molecule has 0 amide bonds. The third-order valence-corrected chi connectivity index (χ3v) is 5.00. The van der Waals surface area contributed by atoms with E-state index < -0.39 is 0 Å². The summed E-state index contributed by atoms with van der Waals surface area (Å²) in [5.74, 6) is 1.85. The molecule has 0 bridgehead atoms. The molecule has 0 saturated heterocycles. The maximum absolute atomic E-state index is 4.18. The van der Waals surface area contributed by atoms with Crippen molar-refractivity contribution in [2.75, 3.05) is 31.3 Å². The van der Waals surface area contributed by atoms with Crippen LogP contribution in [0.15, 0.2) is 4.34 Å². The van der Waals surface area contributed by atoms with Crippen molar-refractivity contribution < 1.29 is 0 Å². The Balaban J connectivity index is 2.12. The van der Waals surface area contributed by atoms with Gasteiger partial charge in [0.15, 0.2) is 4.34 Å². The molecule has 6 heteroatoms. The van der Waals surface area contributed by atoms with Crippen molar-refractivity contribution in [1.29, 1.82) is 0 Å². The molecule has 1 rings (SSSR count). The second-order valence-corrected chi connectivity index (χ2v) is 7.72. The predicted molar refractivity (Wildman–Crippen MR) is 86.5 cm³/mol. The molecule has 0 saturated carbocycles. The van der Waals surface area contributed by atoms with Crippen LogP contribution in [0.25, 0.3) is 0 Å². The summed E-state index contributed by atoms with van der Waals surface area (Å²) in [6, 6.07) is 0.606. The molecule has 0 fully saturated rings. The van der Waals surface area contributed by atoms with Crippen LogP contribution in [-0.4, -0.2) is 42.6 Å². The minimum Gasteiger partial charge on any atom is -0.353 e. The Morgan fingerprint density at radius 3 is 2.53 bits per heavy atom. The van der Waals surface area contributed by atoms with Crippen LogP contribution < -0.4 is 10.2 Å². The van der Waals surface area contributed by atoms with Gasteiger partial charge in [-0.1, -0.05) is 36.9 Å². The van der Waals surface area contributed by atoms with E-state index in [9.17, 15) is 0 Å².